The van der Waals surface area contributed by atoms with Crippen molar-refractivity contribution < 1.29 is 4.79 Å². The lowest BCUT2D eigenvalue weighted by Crippen LogP contribution is -2.17. The quantitative estimate of drug-likeness (QED) is 0.721. The molecule has 0 atom stereocenters. The molecule has 0 fully saturated rings. The van der Waals surface area contributed by atoms with E-state index in [1.165, 1.54) is 11.5 Å². The number of nitrogens with one attached hydrogen (secondary N) is 1. The Kier molecular flexibility index (Phi) is 2.59. The number of aromatic nitrogens is 1. The Bertz CT molecular complexity index is 257. The van der Waals surface area contributed by atoms with Crippen molar-refractivity contribution in [3.8, 4) is 0 Å². The third kappa shape index (κ3) is 1.77. The van der Waals surface area contributed by atoms with Crippen molar-refractivity contribution in [3.05, 3.63) is 16.6 Å². The van der Waals surface area contributed by atoms with Gasteiger partial charge in [-0.3, -0.25) is 4.79 Å². The fourth-order valence-electron chi connectivity index (χ4n) is 0.715. The molecule has 11 heavy (non-hydrogen) atoms. The van der Waals surface area contributed by atoms with E-state index in [0.717, 1.165) is 11.3 Å². The first-order valence-electron chi connectivity index (χ1n) is 3.45. The maximum absolute atomic E-state index is 11.0. The number of amides is 1. The molecular weight excluding hydrogens is 160 g/mol. The Hall–Kier alpha value is -0.900. The van der Waals surface area contributed by atoms with Crippen LogP contribution in [0.4, 0.5) is 0 Å². The molecule has 1 aromatic heterocycles. The van der Waals surface area contributed by atoms with Crippen LogP contribution < -0.4 is 5.32 Å². The van der Waals surface area contributed by atoms with E-state index in [1.807, 2.05) is 13.0 Å². The molecule has 0 radical (unpaired) electrons. The van der Waals surface area contributed by atoms with Crippen molar-refractivity contribution in [2.45, 2.75) is 13.3 Å². The van der Waals surface area contributed by atoms with Gasteiger partial charge in [0.1, 0.15) is 5.69 Å². The third-order valence-electron chi connectivity index (χ3n) is 1.37. The number of hydrogen-bond donors (Lipinski definition) is 1. The van der Waals surface area contributed by atoms with E-state index < -0.39 is 0 Å². The van der Waals surface area contributed by atoms with Gasteiger partial charge < -0.3 is 5.32 Å². The van der Waals surface area contributed by atoms with Crippen molar-refractivity contribution in [1.82, 2.24) is 9.69 Å². The molecule has 0 bridgehead atoms. The molecule has 4 heteroatoms. The van der Waals surface area contributed by atoms with Crippen LogP contribution in [0.25, 0.3) is 0 Å². The summed E-state index contributed by atoms with van der Waals surface area (Å²) in [7, 11) is 1.60. The van der Waals surface area contributed by atoms with Crippen LogP contribution in [0.1, 0.15) is 22.3 Å². The molecule has 1 rings (SSSR count). The highest BCUT2D eigenvalue weighted by atomic mass is 32.1. The van der Waals surface area contributed by atoms with Crippen molar-refractivity contribution in [1.29, 1.82) is 0 Å². The van der Waals surface area contributed by atoms with Gasteiger partial charge in [0.25, 0.3) is 5.91 Å². The normalized spacial score (nSPS) is 9.64. The number of rotatable bonds is 2. The topological polar surface area (TPSA) is 42.0 Å². The zero-order chi connectivity index (χ0) is 8.27. The Morgan fingerprint density at radius 1 is 1.82 bits per heavy atom. The van der Waals surface area contributed by atoms with Crippen LogP contribution >= 0.6 is 11.5 Å². The van der Waals surface area contributed by atoms with Crippen LogP contribution in [0, 0.1) is 0 Å². The summed E-state index contributed by atoms with van der Waals surface area (Å²) in [5, 5.41) is 2.52. The van der Waals surface area contributed by atoms with E-state index in [0.29, 0.717) is 5.69 Å². The Balaban J connectivity index is 2.80. The van der Waals surface area contributed by atoms with Gasteiger partial charge in [0, 0.05) is 11.9 Å². The Labute approximate surface area is 69.6 Å². The number of nitrogens with zero attached hydrogens (tertiary/aromatic N) is 1. The summed E-state index contributed by atoms with van der Waals surface area (Å²) in [4.78, 5) is 12.1. The van der Waals surface area contributed by atoms with Gasteiger partial charge in [-0.25, -0.2) is 0 Å². The standard InChI is InChI=1S/C7H10N2OS/c1-3-5-4-6(9-11-5)7(10)8-2/h4H,3H2,1-2H3,(H,8,10). The van der Waals surface area contributed by atoms with Gasteiger partial charge in [-0.15, -0.1) is 0 Å². The lowest BCUT2D eigenvalue weighted by Gasteiger charge is -1.90. The van der Waals surface area contributed by atoms with Crippen LogP contribution in [0.3, 0.4) is 0 Å². The predicted octanol–water partition coefficient (Wildman–Crippen LogP) is 1.07. The highest BCUT2D eigenvalue weighted by molar-refractivity contribution is 7.05. The average molecular weight is 170 g/mol. The van der Waals surface area contributed by atoms with Crippen molar-refractivity contribution in [2.75, 3.05) is 7.05 Å². The van der Waals surface area contributed by atoms with Crippen molar-refractivity contribution >= 4 is 17.4 Å². The second-order valence-corrected chi connectivity index (χ2v) is 3.00. The Morgan fingerprint density at radius 3 is 3.00 bits per heavy atom. The third-order valence-corrected chi connectivity index (χ3v) is 2.30. The summed E-state index contributed by atoms with van der Waals surface area (Å²) >= 11 is 1.38. The molecule has 1 heterocycles. The lowest BCUT2D eigenvalue weighted by molar-refractivity contribution is 0.0959. The van der Waals surface area contributed by atoms with E-state index in [4.69, 9.17) is 0 Å². The second-order valence-electron chi connectivity index (χ2n) is 2.11. The van der Waals surface area contributed by atoms with Gasteiger partial charge in [-0.2, -0.15) is 4.37 Å². The largest absolute Gasteiger partial charge is 0.354 e. The monoisotopic (exact) mass is 170 g/mol. The molecule has 0 aromatic carbocycles. The van der Waals surface area contributed by atoms with Crippen LogP contribution in [0.5, 0.6) is 0 Å². The van der Waals surface area contributed by atoms with Crippen LogP contribution in [0.2, 0.25) is 0 Å². The first-order valence-corrected chi connectivity index (χ1v) is 4.23. The number of carbonyl (C=O) groups excluding carboxylic acids is 1. The SMILES string of the molecule is CCc1cc(C(=O)NC)ns1. The van der Waals surface area contributed by atoms with Crippen LogP contribution in [-0.2, 0) is 6.42 Å². The van der Waals surface area contributed by atoms with Gasteiger partial charge in [0.15, 0.2) is 0 Å². The van der Waals surface area contributed by atoms with Gasteiger partial charge in [-0.1, -0.05) is 6.92 Å². The van der Waals surface area contributed by atoms with Gasteiger partial charge >= 0.3 is 0 Å². The number of aryl methyl sites for hydroxylation is 1. The van der Waals surface area contributed by atoms with E-state index in [9.17, 15) is 4.79 Å². The van der Waals surface area contributed by atoms with E-state index in [-0.39, 0.29) is 5.91 Å². The smallest absolute Gasteiger partial charge is 0.270 e. The van der Waals surface area contributed by atoms with Gasteiger partial charge in [0.05, 0.1) is 0 Å². The highest BCUT2D eigenvalue weighted by Crippen LogP contribution is 2.09. The fourth-order valence-corrected chi connectivity index (χ4v) is 1.36. The summed E-state index contributed by atoms with van der Waals surface area (Å²) < 4.78 is 3.99. The second kappa shape index (κ2) is 3.48. The maximum Gasteiger partial charge on any atom is 0.270 e. The number of hydrogen-bond acceptors (Lipinski definition) is 3. The lowest BCUT2D eigenvalue weighted by atomic mass is 10.3. The highest BCUT2D eigenvalue weighted by Gasteiger charge is 2.06. The molecule has 60 valence electrons. The molecule has 0 saturated carbocycles. The minimum absolute atomic E-state index is 0.110. The summed E-state index contributed by atoms with van der Waals surface area (Å²) in [5.41, 5.74) is 0.523. The zero-order valence-corrected chi connectivity index (χ0v) is 7.36. The number of carbonyl (C=O) groups is 1. The molecule has 0 aliphatic carbocycles. The Morgan fingerprint density at radius 2 is 2.55 bits per heavy atom. The molecular formula is C7H10N2OS. The van der Waals surface area contributed by atoms with Crippen LogP contribution in [-0.4, -0.2) is 17.3 Å². The zero-order valence-electron chi connectivity index (χ0n) is 6.55. The summed E-state index contributed by atoms with van der Waals surface area (Å²) in [6.45, 7) is 2.04. The van der Waals surface area contributed by atoms with E-state index in [1.54, 1.807) is 7.05 Å². The summed E-state index contributed by atoms with van der Waals surface area (Å²) in [6, 6.07) is 1.82. The maximum atomic E-state index is 11.0. The van der Waals surface area contributed by atoms with Crippen molar-refractivity contribution in [2.24, 2.45) is 0 Å². The predicted molar refractivity (Wildman–Crippen MR) is 44.9 cm³/mol. The van der Waals surface area contributed by atoms with Gasteiger partial charge in [0.2, 0.25) is 0 Å². The van der Waals surface area contributed by atoms with Crippen LogP contribution in [0.15, 0.2) is 6.07 Å². The first kappa shape index (κ1) is 8.20. The van der Waals surface area contributed by atoms with E-state index >= 15 is 0 Å². The molecule has 1 N–H and O–H groups in total. The first-order chi connectivity index (χ1) is 5.27. The molecule has 1 aromatic rings. The molecule has 3 nitrogen and oxygen atoms in total. The minimum atomic E-state index is -0.110. The summed E-state index contributed by atoms with van der Waals surface area (Å²) in [5.74, 6) is -0.110. The average Bonchev–Trinajstić information content (AvgIpc) is 2.50. The molecule has 0 unspecified atom stereocenters. The molecule has 0 saturated heterocycles. The fraction of sp³-hybridized carbons (Fsp3) is 0.429. The molecule has 1 amide bonds. The van der Waals surface area contributed by atoms with Gasteiger partial charge in [-0.05, 0) is 24.0 Å². The molecule has 0 aliphatic heterocycles. The molecule has 0 spiro atoms. The minimum Gasteiger partial charge on any atom is -0.354 e. The van der Waals surface area contributed by atoms with Crippen molar-refractivity contribution in [3.63, 3.8) is 0 Å². The van der Waals surface area contributed by atoms with E-state index in [2.05, 4.69) is 9.69 Å². The summed E-state index contributed by atoms with van der Waals surface area (Å²) in [6.07, 6.45) is 0.939. The molecule has 0 aliphatic rings.